The van der Waals surface area contributed by atoms with Crippen LogP contribution in [0.4, 0.5) is 10.5 Å². The molecule has 0 aromatic carbocycles. The number of aromatic nitrogens is 1. The Kier molecular flexibility index (Phi) is 13.3. The summed E-state index contributed by atoms with van der Waals surface area (Å²) in [6, 6.07) is 1.89. The van der Waals surface area contributed by atoms with Gasteiger partial charge in [0.25, 0.3) is 5.56 Å². The number of hydrogen-bond donors (Lipinski definition) is 3. The van der Waals surface area contributed by atoms with Gasteiger partial charge in [-0.2, -0.15) is 0 Å². The van der Waals surface area contributed by atoms with E-state index in [1.54, 1.807) is 34.6 Å². The third-order valence-corrected chi connectivity index (χ3v) is 4.87. The molecule has 0 saturated carbocycles. The zero-order chi connectivity index (χ0) is 28.9. The van der Waals surface area contributed by atoms with E-state index in [4.69, 9.17) is 9.47 Å². The van der Waals surface area contributed by atoms with Gasteiger partial charge in [-0.25, -0.2) is 9.59 Å². The number of carbonyl (C=O) groups excluding carboxylic acids is 4. The summed E-state index contributed by atoms with van der Waals surface area (Å²) in [7, 11) is 0. The Morgan fingerprint density at radius 2 is 1.76 bits per heavy atom. The second kappa shape index (κ2) is 15.6. The van der Waals surface area contributed by atoms with Crippen LogP contribution in [0.5, 0.6) is 0 Å². The number of allylic oxidation sites excluding steroid dienone is 1. The molecule has 0 aliphatic carbocycles. The highest BCUT2D eigenvalue weighted by atomic mass is 16.6. The Morgan fingerprint density at radius 1 is 1.08 bits per heavy atom. The molecule has 1 aromatic heterocycles. The Balaban J connectivity index is 2.94. The number of rotatable bonds is 13. The topological polar surface area (TPSA) is 145 Å². The molecule has 1 aromatic rings. The van der Waals surface area contributed by atoms with E-state index in [2.05, 4.69) is 16.0 Å². The van der Waals surface area contributed by atoms with Crippen molar-refractivity contribution in [2.75, 3.05) is 11.9 Å². The third kappa shape index (κ3) is 13.6. The summed E-state index contributed by atoms with van der Waals surface area (Å²) in [5.74, 6) is -1.05. The first-order chi connectivity index (χ1) is 17.7. The van der Waals surface area contributed by atoms with Crippen LogP contribution in [0.2, 0.25) is 0 Å². The quantitative estimate of drug-likeness (QED) is 0.260. The highest BCUT2D eigenvalue weighted by Gasteiger charge is 2.25. The van der Waals surface area contributed by atoms with Crippen LogP contribution >= 0.6 is 0 Å². The van der Waals surface area contributed by atoms with Crippen LogP contribution in [0.15, 0.2) is 35.3 Å². The maximum Gasteiger partial charge on any atom is 0.408 e. The van der Waals surface area contributed by atoms with Gasteiger partial charge in [-0.15, -0.1) is 0 Å². The van der Waals surface area contributed by atoms with Crippen molar-refractivity contribution in [1.29, 1.82) is 0 Å². The van der Waals surface area contributed by atoms with Gasteiger partial charge in [0.05, 0.1) is 6.10 Å². The van der Waals surface area contributed by atoms with E-state index in [1.807, 2.05) is 13.8 Å². The van der Waals surface area contributed by atoms with Gasteiger partial charge in [0, 0.05) is 18.8 Å². The van der Waals surface area contributed by atoms with E-state index in [-0.39, 0.29) is 37.1 Å². The Morgan fingerprint density at radius 3 is 2.37 bits per heavy atom. The number of nitrogens with one attached hydrogen (secondary N) is 3. The average Bonchev–Trinajstić information content (AvgIpc) is 2.76. The normalized spacial score (nSPS) is 12.3. The fourth-order valence-corrected chi connectivity index (χ4v) is 3.12. The summed E-state index contributed by atoms with van der Waals surface area (Å²) in [5, 5.41) is 7.82. The molecular weight excluding hydrogens is 492 g/mol. The van der Waals surface area contributed by atoms with Gasteiger partial charge in [-0.05, 0) is 71.9 Å². The lowest BCUT2D eigenvalue weighted by Crippen LogP contribution is -2.46. The predicted octanol–water partition coefficient (Wildman–Crippen LogP) is 3.13. The monoisotopic (exact) mass is 534 g/mol. The molecule has 11 heteroatoms. The maximum atomic E-state index is 13.1. The lowest BCUT2D eigenvalue weighted by Gasteiger charge is -2.23. The van der Waals surface area contributed by atoms with Gasteiger partial charge in [0.15, 0.2) is 0 Å². The first kappa shape index (κ1) is 32.4. The number of alkyl carbamates (subject to hydrolysis) is 1. The van der Waals surface area contributed by atoms with E-state index in [9.17, 15) is 24.0 Å². The van der Waals surface area contributed by atoms with E-state index < -0.39 is 35.2 Å². The first-order valence-corrected chi connectivity index (χ1v) is 12.8. The van der Waals surface area contributed by atoms with Crippen LogP contribution in [0.25, 0.3) is 0 Å². The highest BCUT2D eigenvalue weighted by Crippen LogP contribution is 2.10. The molecule has 0 spiro atoms. The average molecular weight is 535 g/mol. The summed E-state index contributed by atoms with van der Waals surface area (Å²) in [5.41, 5.74) is -1.39. The number of carbonyl (C=O) groups is 4. The van der Waals surface area contributed by atoms with Crippen LogP contribution in [-0.4, -0.2) is 52.7 Å². The number of hydrogen-bond acceptors (Lipinski definition) is 7. The van der Waals surface area contributed by atoms with Crippen molar-refractivity contribution in [1.82, 2.24) is 15.2 Å². The van der Waals surface area contributed by atoms with Crippen molar-refractivity contribution in [3.63, 3.8) is 0 Å². The van der Waals surface area contributed by atoms with Crippen LogP contribution in [0.3, 0.4) is 0 Å². The number of nitrogens with zero attached hydrogens (tertiary/aromatic N) is 1. The molecule has 0 bridgehead atoms. The summed E-state index contributed by atoms with van der Waals surface area (Å²) in [4.78, 5) is 62.2. The minimum atomic E-state index is -1.07. The largest absolute Gasteiger partial charge is 0.460 e. The zero-order valence-electron chi connectivity index (χ0n) is 23.5. The van der Waals surface area contributed by atoms with Crippen molar-refractivity contribution >= 4 is 29.6 Å². The molecule has 3 N–H and O–H groups in total. The Hall–Kier alpha value is -3.63. The fourth-order valence-electron chi connectivity index (χ4n) is 3.12. The molecule has 1 unspecified atom stereocenters. The van der Waals surface area contributed by atoms with Gasteiger partial charge in [-0.1, -0.05) is 19.9 Å². The van der Waals surface area contributed by atoms with Crippen molar-refractivity contribution in [2.45, 2.75) is 92.0 Å². The lowest BCUT2D eigenvalue weighted by molar-refractivity contribution is -0.141. The summed E-state index contributed by atoms with van der Waals surface area (Å²) in [6.45, 7) is 12.9. The van der Waals surface area contributed by atoms with Gasteiger partial charge >= 0.3 is 12.1 Å². The summed E-state index contributed by atoms with van der Waals surface area (Å²) < 4.78 is 11.5. The van der Waals surface area contributed by atoms with Gasteiger partial charge in [-0.3, -0.25) is 14.4 Å². The molecule has 0 fully saturated rings. The summed E-state index contributed by atoms with van der Waals surface area (Å²) in [6.07, 6.45) is 4.38. The van der Waals surface area contributed by atoms with Crippen molar-refractivity contribution in [3.05, 3.63) is 40.8 Å². The van der Waals surface area contributed by atoms with E-state index in [0.29, 0.717) is 12.5 Å². The SMILES string of the molecule is CC(C)CCNC(=O)Cn1cccc(NC(=O)C(CC/C=C/C(=O)OC(C)C)NC(=O)OC(C)(C)C)c1=O. The van der Waals surface area contributed by atoms with Crippen LogP contribution in [0.1, 0.15) is 67.7 Å². The minimum absolute atomic E-state index is 0.0421. The van der Waals surface area contributed by atoms with Crippen molar-refractivity contribution in [3.8, 4) is 0 Å². The van der Waals surface area contributed by atoms with Crippen LogP contribution in [0, 0.1) is 5.92 Å². The van der Waals surface area contributed by atoms with Gasteiger partial charge < -0.3 is 30.0 Å². The molecule has 38 heavy (non-hydrogen) atoms. The van der Waals surface area contributed by atoms with Crippen molar-refractivity contribution in [2.24, 2.45) is 5.92 Å². The molecule has 1 heterocycles. The second-order valence-electron chi connectivity index (χ2n) is 10.5. The zero-order valence-corrected chi connectivity index (χ0v) is 23.5. The van der Waals surface area contributed by atoms with E-state index in [1.165, 1.54) is 35.0 Å². The number of esters is 1. The maximum absolute atomic E-state index is 13.1. The van der Waals surface area contributed by atoms with Crippen LogP contribution in [-0.2, 0) is 30.4 Å². The Labute approximate surface area is 224 Å². The minimum Gasteiger partial charge on any atom is -0.460 e. The lowest BCUT2D eigenvalue weighted by atomic mass is 10.1. The fraction of sp³-hybridized carbons (Fsp3) is 0.593. The van der Waals surface area contributed by atoms with E-state index >= 15 is 0 Å². The molecule has 1 atom stereocenters. The van der Waals surface area contributed by atoms with Crippen molar-refractivity contribution < 1.29 is 28.7 Å². The molecule has 212 valence electrons. The highest BCUT2D eigenvalue weighted by molar-refractivity contribution is 5.96. The molecule has 0 aliphatic heterocycles. The number of pyridine rings is 1. The van der Waals surface area contributed by atoms with Gasteiger partial charge in [0.2, 0.25) is 11.8 Å². The molecule has 0 radical (unpaired) electrons. The third-order valence-electron chi connectivity index (χ3n) is 4.87. The second-order valence-corrected chi connectivity index (χ2v) is 10.5. The molecular formula is C27H42N4O7. The summed E-state index contributed by atoms with van der Waals surface area (Å²) >= 11 is 0. The molecule has 0 saturated heterocycles. The van der Waals surface area contributed by atoms with E-state index in [0.717, 1.165) is 6.42 Å². The standard InChI is InChI=1S/C27H42N4O7/c1-18(2)14-15-28-22(32)17-31-16-10-12-21(25(31)35)29-24(34)20(30-26(36)38-27(5,6)7)11-8-9-13-23(33)37-19(3)4/h9-10,12-13,16,18-20H,8,11,14-15,17H2,1-7H3,(H,28,32)(H,29,34)(H,30,36)/b13-9+. The molecule has 1 rings (SSSR count). The molecule has 11 nitrogen and oxygen atoms in total. The first-order valence-electron chi connectivity index (χ1n) is 12.8. The smallest absolute Gasteiger partial charge is 0.408 e. The van der Waals surface area contributed by atoms with Crippen LogP contribution < -0.4 is 21.5 Å². The predicted molar refractivity (Wildman–Crippen MR) is 145 cm³/mol. The number of amides is 3. The van der Waals surface area contributed by atoms with Gasteiger partial charge in [0.1, 0.15) is 23.9 Å². The molecule has 0 aliphatic rings. The number of ether oxygens (including phenoxy) is 2. The molecule has 3 amide bonds. The Bertz CT molecular complexity index is 1040. The number of anilines is 1.